The molecule has 0 saturated carbocycles. The fourth-order valence-corrected chi connectivity index (χ4v) is 2.87. The quantitative estimate of drug-likeness (QED) is 0.838. The Balaban J connectivity index is 2.05. The number of hydrogen-bond donors (Lipinski definition) is 2. The van der Waals surface area contributed by atoms with E-state index in [0.29, 0.717) is 0 Å². The lowest BCUT2D eigenvalue weighted by Crippen LogP contribution is -2.51. The van der Waals surface area contributed by atoms with Gasteiger partial charge in [-0.3, -0.25) is 9.59 Å². The van der Waals surface area contributed by atoms with Crippen LogP contribution in [-0.2, 0) is 20.7 Å². The second-order valence-electron chi connectivity index (χ2n) is 6.17. The first-order chi connectivity index (χ1) is 10.9. The highest BCUT2D eigenvalue weighted by Crippen LogP contribution is 2.31. The lowest BCUT2D eigenvalue weighted by molar-refractivity contribution is -0.132. The van der Waals surface area contributed by atoms with E-state index in [1.54, 1.807) is 6.07 Å². The zero-order chi connectivity index (χ0) is 17.0. The average Bonchev–Trinajstić information content (AvgIpc) is 2.87. The highest BCUT2D eigenvalue weighted by atomic mass is 19.1. The van der Waals surface area contributed by atoms with Crippen molar-refractivity contribution < 1.29 is 18.7 Å². The number of methoxy groups -OCH3 is 1. The second-order valence-corrected chi connectivity index (χ2v) is 6.17. The Labute approximate surface area is 135 Å². The summed E-state index contributed by atoms with van der Waals surface area (Å²) in [4.78, 5) is 24.2. The summed E-state index contributed by atoms with van der Waals surface area (Å²) in [5, 5.41) is 5.61. The predicted molar refractivity (Wildman–Crippen MR) is 84.2 cm³/mol. The molecule has 1 unspecified atom stereocenters. The van der Waals surface area contributed by atoms with Gasteiger partial charge in [-0.25, -0.2) is 4.39 Å². The van der Waals surface area contributed by atoms with E-state index in [1.807, 2.05) is 13.8 Å². The van der Waals surface area contributed by atoms with Crippen LogP contribution in [0.3, 0.4) is 0 Å². The molecule has 0 heterocycles. The molecule has 126 valence electrons. The third kappa shape index (κ3) is 4.28. The number of benzene rings is 1. The Morgan fingerprint density at radius 1 is 1.39 bits per heavy atom. The first-order valence-corrected chi connectivity index (χ1v) is 7.79. The third-order valence-electron chi connectivity index (χ3n) is 4.04. The molecule has 2 rings (SSSR count). The molecule has 0 saturated heterocycles. The zero-order valence-electron chi connectivity index (χ0n) is 13.7. The molecule has 0 aromatic heterocycles. The Bertz CT molecular complexity index is 589. The van der Waals surface area contributed by atoms with E-state index in [-0.39, 0.29) is 36.2 Å². The van der Waals surface area contributed by atoms with E-state index < -0.39 is 6.04 Å². The van der Waals surface area contributed by atoms with Crippen molar-refractivity contribution in [2.75, 3.05) is 13.7 Å². The Morgan fingerprint density at radius 2 is 2.13 bits per heavy atom. The maximum atomic E-state index is 13.4. The van der Waals surface area contributed by atoms with Gasteiger partial charge in [0, 0.05) is 7.11 Å². The van der Waals surface area contributed by atoms with Gasteiger partial charge in [0.05, 0.1) is 6.04 Å². The fraction of sp³-hybridized carbons (Fsp3) is 0.529. The van der Waals surface area contributed by atoms with Crippen LogP contribution in [0.4, 0.5) is 4.39 Å². The smallest absolute Gasteiger partial charge is 0.246 e. The van der Waals surface area contributed by atoms with Gasteiger partial charge in [0.15, 0.2) is 0 Å². The van der Waals surface area contributed by atoms with Gasteiger partial charge in [-0.15, -0.1) is 0 Å². The van der Waals surface area contributed by atoms with Crippen LogP contribution < -0.4 is 10.6 Å². The summed E-state index contributed by atoms with van der Waals surface area (Å²) < 4.78 is 18.2. The number of ether oxygens (including phenoxy) is 1. The molecule has 2 N–H and O–H groups in total. The maximum Gasteiger partial charge on any atom is 0.246 e. The molecule has 5 nitrogen and oxygen atoms in total. The van der Waals surface area contributed by atoms with Gasteiger partial charge in [0.25, 0.3) is 0 Å². The van der Waals surface area contributed by atoms with E-state index in [2.05, 4.69) is 10.6 Å². The monoisotopic (exact) mass is 322 g/mol. The molecule has 1 aliphatic carbocycles. The molecular weight excluding hydrogens is 299 g/mol. The minimum absolute atomic E-state index is 0.0656. The number of carbonyl (C=O) groups is 2. The van der Waals surface area contributed by atoms with Crippen LogP contribution in [0.25, 0.3) is 0 Å². The van der Waals surface area contributed by atoms with Crippen molar-refractivity contribution in [1.29, 1.82) is 0 Å². The van der Waals surface area contributed by atoms with Crippen molar-refractivity contribution in [3.8, 4) is 0 Å². The number of nitrogens with one attached hydrogen (secondary N) is 2. The molecule has 2 amide bonds. The van der Waals surface area contributed by atoms with Crippen LogP contribution in [0.5, 0.6) is 0 Å². The summed E-state index contributed by atoms with van der Waals surface area (Å²) in [7, 11) is 1.42. The lowest BCUT2D eigenvalue weighted by Gasteiger charge is -2.24. The standard InChI is InChI=1S/C17H23FN2O3/c1-10(2)16(20-15(21)9-23-3)17(22)19-14-7-5-11-4-6-12(18)8-13(11)14/h4,6,8,10,14,16H,5,7,9H2,1-3H3,(H,19,22)(H,20,21)/t14?,16-/m0/s1. The Morgan fingerprint density at radius 3 is 2.78 bits per heavy atom. The molecule has 0 radical (unpaired) electrons. The van der Waals surface area contributed by atoms with Crippen molar-refractivity contribution in [2.24, 2.45) is 5.92 Å². The molecule has 23 heavy (non-hydrogen) atoms. The molecule has 1 aromatic carbocycles. The molecule has 0 aliphatic heterocycles. The first-order valence-electron chi connectivity index (χ1n) is 7.79. The summed E-state index contributed by atoms with van der Waals surface area (Å²) in [5.74, 6) is -0.964. The van der Waals surface area contributed by atoms with Gasteiger partial charge in [-0.1, -0.05) is 19.9 Å². The summed E-state index contributed by atoms with van der Waals surface area (Å²) in [6, 6.07) is 3.81. The number of fused-ring (bicyclic) bond motifs is 1. The van der Waals surface area contributed by atoms with Crippen molar-refractivity contribution in [3.05, 3.63) is 35.1 Å². The zero-order valence-corrected chi connectivity index (χ0v) is 13.7. The number of aryl methyl sites for hydroxylation is 1. The van der Waals surface area contributed by atoms with Crippen LogP contribution in [0.1, 0.15) is 37.4 Å². The summed E-state index contributed by atoms with van der Waals surface area (Å²) in [6.07, 6.45) is 1.55. The number of halogens is 1. The normalized spacial score (nSPS) is 17.7. The fourth-order valence-electron chi connectivity index (χ4n) is 2.87. The van der Waals surface area contributed by atoms with Crippen LogP contribution in [0.2, 0.25) is 0 Å². The van der Waals surface area contributed by atoms with E-state index >= 15 is 0 Å². The minimum Gasteiger partial charge on any atom is -0.375 e. The summed E-state index contributed by atoms with van der Waals surface area (Å²) in [5.41, 5.74) is 1.88. The largest absolute Gasteiger partial charge is 0.375 e. The maximum absolute atomic E-state index is 13.4. The van der Waals surface area contributed by atoms with E-state index in [0.717, 1.165) is 24.0 Å². The summed E-state index contributed by atoms with van der Waals surface area (Å²) in [6.45, 7) is 3.63. The average molecular weight is 322 g/mol. The second kappa shape index (κ2) is 7.55. The lowest BCUT2D eigenvalue weighted by atomic mass is 10.0. The van der Waals surface area contributed by atoms with Gasteiger partial charge >= 0.3 is 0 Å². The molecular formula is C17H23FN2O3. The first kappa shape index (κ1) is 17.4. The van der Waals surface area contributed by atoms with Gasteiger partial charge < -0.3 is 15.4 Å². The SMILES string of the molecule is COCC(=O)N[C@H](C(=O)NC1CCc2ccc(F)cc21)C(C)C. The summed E-state index contributed by atoms with van der Waals surface area (Å²) >= 11 is 0. The molecule has 0 fully saturated rings. The van der Waals surface area contributed by atoms with Gasteiger partial charge in [0.1, 0.15) is 18.5 Å². The number of amides is 2. The molecule has 2 atom stereocenters. The molecule has 1 aromatic rings. The van der Waals surface area contributed by atoms with Crippen molar-refractivity contribution in [2.45, 2.75) is 38.8 Å². The number of rotatable bonds is 6. The van der Waals surface area contributed by atoms with Crippen LogP contribution in [0.15, 0.2) is 18.2 Å². The van der Waals surface area contributed by atoms with Gasteiger partial charge in [-0.05, 0) is 42.0 Å². The topological polar surface area (TPSA) is 67.4 Å². The highest BCUT2D eigenvalue weighted by Gasteiger charge is 2.29. The molecule has 0 spiro atoms. The number of hydrogen-bond acceptors (Lipinski definition) is 3. The van der Waals surface area contributed by atoms with E-state index in [1.165, 1.54) is 19.2 Å². The minimum atomic E-state index is -0.643. The third-order valence-corrected chi connectivity index (χ3v) is 4.04. The highest BCUT2D eigenvalue weighted by molar-refractivity contribution is 5.88. The molecule has 1 aliphatic rings. The Hall–Kier alpha value is -1.95. The van der Waals surface area contributed by atoms with E-state index in [9.17, 15) is 14.0 Å². The van der Waals surface area contributed by atoms with Crippen LogP contribution in [-0.4, -0.2) is 31.6 Å². The molecule has 0 bridgehead atoms. The van der Waals surface area contributed by atoms with Gasteiger partial charge in [0.2, 0.25) is 11.8 Å². The predicted octanol–water partition coefficient (Wildman–Crippen LogP) is 1.72. The Kier molecular flexibility index (Phi) is 5.71. The van der Waals surface area contributed by atoms with Crippen LogP contribution >= 0.6 is 0 Å². The van der Waals surface area contributed by atoms with Crippen LogP contribution in [0, 0.1) is 11.7 Å². The van der Waals surface area contributed by atoms with E-state index in [4.69, 9.17) is 4.74 Å². The van der Waals surface area contributed by atoms with Crippen molar-refractivity contribution in [1.82, 2.24) is 10.6 Å². The van der Waals surface area contributed by atoms with Crippen molar-refractivity contribution >= 4 is 11.8 Å². The molecule has 6 heteroatoms. The van der Waals surface area contributed by atoms with Gasteiger partial charge in [-0.2, -0.15) is 0 Å². The number of carbonyl (C=O) groups excluding carboxylic acids is 2. The van der Waals surface area contributed by atoms with Crippen molar-refractivity contribution in [3.63, 3.8) is 0 Å².